The maximum Gasteiger partial charge on any atom is 0.293 e. The topological polar surface area (TPSA) is 26.3 Å². The lowest BCUT2D eigenvalue weighted by Crippen LogP contribution is -2.07. The van der Waals surface area contributed by atoms with Crippen molar-refractivity contribution in [1.82, 2.24) is 0 Å². The first-order valence-corrected chi connectivity index (χ1v) is 6.03. The van der Waals surface area contributed by atoms with Gasteiger partial charge in [-0.3, -0.25) is 4.79 Å². The van der Waals surface area contributed by atoms with Crippen molar-refractivity contribution in [3.05, 3.63) is 21.9 Å². The van der Waals surface area contributed by atoms with E-state index in [1.54, 1.807) is 0 Å². The summed E-state index contributed by atoms with van der Waals surface area (Å²) >= 11 is 1.84. The Kier molecular flexibility index (Phi) is 2.59. The highest BCUT2D eigenvalue weighted by atomic mass is 32.1. The Labute approximate surface area is 94.3 Å². The number of rotatable bonds is 3. The zero-order valence-corrected chi connectivity index (χ0v) is 10.1. The third-order valence-electron chi connectivity index (χ3n) is 2.69. The molecule has 2 atom stereocenters. The molecule has 1 aliphatic rings. The van der Waals surface area contributed by atoms with Crippen LogP contribution in [0, 0.1) is 0 Å². The Morgan fingerprint density at radius 3 is 2.73 bits per heavy atom. The maximum atomic E-state index is 10.2. The quantitative estimate of drug-likeness (QED) is 0.737. The molecule has 1 heterocycles. The molecule has 0 aromatic carbocycles. The summed E-state index contributed by atoms with van der Waals surface area (Å²) < 4.78 is 4.94. The van der Waals surface area contributed by atoms with Gasteiger partial charge in [-0.05, 0) is 24.0 Å². The van der Waals surface area contributed by atoms with Crippen LogP contribution in [0.1, 0.15) is 42.9 Å². The van der Waals surface area contributed by atoms with E-state index < -0.39 is 0 Å². The Hall–Kier alpha value is -0.830. The van der Waals surface area contributed by atoms with E-state index in [1.807, 2.05) is 11.3 Å². The summed E-state index contributed by atoms with van der Waals surface area (Å²) in [5.74, 6) is 0.455. The van der Waals surface area contributed by atoms with Crippen LogP contribution in [0.15, 0.2) is 12.1 Å². The van der Waals surface area contributed by atoms with Crippen LogP contribution < -0.4 is 0 Å². The van der Waals surface area contributed by atoms with Crippen LogP contribution in [0.4, 0.5) is 0 Å². The van der Waals surface area contributed by atoms with E-state index >= 15 is 0 Å². The Bertz CT molecular complexity index is 362. The highest BCUT2D eigenvalue weighted by Crippen LogP contribution is 2.46. The molecule has 3 heteroatoms. The number of thiophene rings is 1. The van der Waals surface area contributed by atoms with Gasteiger partial charge in [-0.1, -0.05) is 20.8 Å². The normalized spacial score (nSPS) is 25.0. The van der Waals surface area contributed by atoms with Crippen molar-refractivity contribution in [2.45, 2.75) is 44.6 Å². The Morgan fingerprint density at radius 1 is 1.47 bits per heavy atom. The zero-order valence-electron chi connectivity index (χ0n) is 9.32. The van der Waals surface area contributed by atoms with Crippen LogP contribution >= 0.6 is 11.3 Å². The second-order valence-electron chi connectivity index (χ2n) is 5.06. The molecule has 0 aliphatic heterocycles. The van der Waals surface area contributed by atoms with E-state index in [4.69, 9.17) is 4.74 Å². The standard InChI is InChI=1S/C12H16O2S/c1-12(2,3)11-5-4-10(15-11)8-6-9(8)14-7-13/h4-5,7-9H,6H2,1-3H3. The minimum Gasteiger partial charge on any atom is -0.464 e. The maximum absolute atomic E-state index is 10.2. The van der Waals surface area contributed by atoms with E-state index in [0.29, 0.717) is 12.4 Å². The summed E-state index contributed by atoms with van der Waals surface area (Å²) in [4.78, 5) is 12.9. The Morgan fingerprint density at radius 2 is 2.20 bits per heavy atom. The minimum absolute atomic E-state index is 0.133. The van der Waals surface area contributed by atoms with Gasteiger partial charge in [-0.15, -0.1) is 11.3 Å². The Balaban J connectivity index is 2.06. The van der Waals surface area contributed by atoms with Crippen molar-refractivity contribution in [3.8, 4) is 0 Å². The molecule has 15 heavy (non-hydrogen) atoms. The third kappa shape index (κ3) is 2.23. The molecular weight excluding hydrogens is 208 g/mol. The second kappa shape index (κ2) is 3.63. The van der Waals surface area contributed by atoms with E-state index in [-0.39, 0.29) is 11.5 Å². The number of carbonyl (C=O) groups excluding carboxylic acids is 1. The van der Waals surface area contributed by atoms with Gasteiger partial charge in [0.05, 0.1) is 0 Å². The summed E-state index contributed by atoms with van der Waals surface area (Å²) in [6.07, 6.45) is 1.12. The van der Waals surface area contributed by atoms with E-state index in [1.165, 1.54) is 9.75 Å². The number of hydrogen-bond donors (Lipinski definition) is 0. The van der Waals surface area contributed by atoms with Gasteiger partial charge < -0.3 is 4.74 Å². The van der Waals surface area contributed by atoms with Crippen molar-refractivity contribution in [3.63, 3.8) is 0 Å². The summed E-state index contributed by atoms with van der Waals surface area (Å²) in [6, 6.07) is 4.36. The first-order chi connectivity index (χ1) is 7.02. The summed E-state index contributed by atoms with van der Waals surface area (Å²) in [7, 11) is 0. The largest absolute Gasteiger partial charge is 0.464 e. The van der Waals surface area contributed by atoms with Crippen LogP contribution in [-0.2, 0) is 14.9 Å². The molecule has 2 nitrogen and oxygen atoms in total. The highest BCUT2D eigenvalue weighted by Gasteiger charge is 2.41. The van der Waals surface area contributed by atoms with Gasteiger partial charge in [-0.25, -0.2) is 0 Å². The van der Waals surface area contributed by atoms with Crippen LogP contribution in [-0.4, -0.2) is 12.6 Å². The van der Waals surface area contributed by atoms with Gasteiger partial charge in [0, 0.05) is 15.7 Å². The van der Waals surface area contributed by atoms with Crippen LogP contribution in [0.25, 0.3) is 0 Å². The average Bonchev–Trinajstić information content (AvgIpc) is 2.73. The fourth-order valence-electron chi connectivity index (χ4n) is 1.65. The van der Waals surface area contributed by atoms with Gasteiger partial charge in [0.15, 0.2) is 0 Å². The van der Waals surface area contributed by atoms with Crippen molar-refractivity contribution in [1.29, 1.82) is 0 Å². The minimum atomic E-state index is 0.133. The number of carbonyl (C=O) groups is 1. The molecule has 0 spiro atoms. The molecule has 1 aromatic rings. The molecule has 82 valence electrons. The first kappa shape index (κ1) is 10.7. The molecule has 2 rings (SSSR count). The highest BCUT2D eigenvalue weighted by molar-refractivity contribution is 7.12. The molecule has 0 saturated heterocycles. The lowest BCUT2D eigenvalue weighted by molar-refractivity contribution is -0.129. The lowest BCUT2D eigenvalue weighted by Gasteiger charge is -2.15. The number of ether oxygens (including phenoxy) is 1. The molecule has 1 aromatic heterocycles. The van der Waals surface area contributed by atoms with Gasteiger partial charge >= 0.3 is 0 Å². The van der Waals surface area contributed by atoms with Crippen molar-refractivity contribution in [2.24, 2.45) is 0 Å². The molecule has 2 unspecified atom stereocenters. The molecule has 0 N–H and O–H groups in total. The van der Waals surface area contributed by atoms with Crippen LogP contribution in [0.3, 0.4) is 0 Å². The molecule has 1 fully saturated rings. The molecule has 0 amide bonds. The van der Waals surface area contributed by atoms with E-state index in [0.717, 1.165) is 6.42 Å². The number of hydrogen-bond acceptors (Lipinski definition) is 3. The molecule has 1 saturated carbocycles. The van der Waals surface area contributed by atoms with Gasteiger partial charge in [-0.2, -0.15) is 0 Å². The van der Waals surface area contributed by atoms with Gasteiger partial charge in [0.1, 0.15) is 6.10 Å². The molecule has 1 aliphatic carbocycles. The first-order valence-electron chi connectivity index (χ1n) is 5.21. The van der Waals surface area contributed by atoms with E-state index in [2.05, 4.69) is 32.9 Å². The fraction of sp³-hybridized carbons (Fsp3) is 0.583. The monoisotopic (exact) mass is 224 g/mol. The summed E-state index contributed by atoms with van der Waals surface area (Å²) in [5.41, 5.74) is 0.221. The van der Waals surface area contributed by atoms with Crippen LogP contribution in [0.2, 0.25) is 0 Å². The third-order valence-corrected chi connectivity index (χ3v) is 4.34. The molecule has 0 radical (unpaired) electrons. The SMILES string of the molecule is CC(C)(C)c1ccc(C2CC2OC=O)s1. The molecule has 0 bridgehead atoms. The van der Waals surface area contributed by atoms with Gasteiger partial charge in [0.25, 0.3) is 6.47 Å². The molecular formula is C12H16O2S. The van der Waals surface area contributed by atoms with E-state index in [9.17, 15) is 4.79 Å². The lowest BCUT2D eigenvalue weighted by atomic mass is 9.95. The van der Waals surface area contributed by atoms with Crippen LogP contribution in [0.5, 0.6) is 0 Å². The summed E-state index contributed by atoms with van der Waals surface area (Å²) in [5, 5.41) is 0. The summed E-state index contributed by atoms with van der Waals surface area (Å²) in [6.45, 7) is 7.21. The fourth-order valence-corrected chi connectivity index (χ4v) is 2.88. The zero-order chi connectivity index (χ0) is 11.1. The predicted octanol–water partition coefficient (Wildman–Crippen LogP) is 3.07. The second-order valence-corrected chi connectivity index (χ2v) is 6.18. The average molecular weight is 224 g/mol. The van der Waals surface area contributed by atoms with Crippen molar-refractivity contribution >= 4 is 17.8 Å². The smallest absolute Gasteiger partial charge is 0.293 e. The van der Waals surface area contributed by atoms with Crippen molar-refractivity contribution in [2.75, 3.05) is 0 Å². The predicted molar refractivity (Wildman–Crippen MR) is 61.3 cm³/mol. The van der Waals surface area contributed by atoms with Crippen molar-refractivity contribution < 1.29 is 9.53 Å². The van der Waals surface area contributed by atoms with Gasteiger partial charge in [0.2, 0.25) is 0 Å².